The smallest absolute Gasteiger partial charge is 0.217 e. The van der Waals surface area contributed by atoms with Gasteiger partial charge >= 0.3 is 0 Å². The Morgan fingerprint density at radius 1 is 1.08 bits per heavy atom. The van der Waals surface area contributed by atoms with Crippen LogP contribution in [0.3, 0.4) is 0 Å². The maximum absolute atomic E-state index is 13.7. The topological polar surface area (TPSA) is 64.8 Å². The fraction of sp³-hybridized carbons (Fsp3) is 0.125. The Balaban J connectivity index is 2.09. The molecule has 5 nitrogen and oxygen atoms in total. The lowest BCUT2D eigenvalue weighted by Gasteiger charge is -2.06. The highest BCUT2D eigenvalue weighted by molar-refractivity contribution is 7.91. The van der Waals surface area contributed by atoms with Gasteiger partial charge in [0.15, 0.2) is 0 Å². The molecule has 8 heteroatoms. The Bertz CT molecular complexity index is 1010. The molecule has 0 aliphatic rings. The molecule has 0 spiro atoms. The summed E-state index contributed by atoms with van der Waals surface area (Å²) >= 11 is 5.79. The molecule has 0 fully saturated rings. The van der Waals surface area contributed by atoms with Crippen LogP contribution in [0, 0.1) is 19.7 Å². The lowest BCUT2D eigenvalue weighted by atomic mass is 10.2. The molecule has 0 radical (unpaired) electrons. The highest BCUT2D eigenvalue weighted by Gasteiger charge is 2.26. The third-order valence-electron chi connectivity index (χ3n) is 3.63. The predicted octanol–water partition coefficient (Wildman–Crippen LogP) is 3.51. The van der Waals surface area contributed by atoms with Gasteiger partial charge in [0.25, 0.3) is 0 Å². The molecule has 24 heavy (non-hydrogen) atoms. The lowest BCUT2D eigenvalue weighted by molar-refractivity contribution is 0.591. The molecule has 0 aliphatic heterocycles. The number of aromatic nitrogens is 3. The van der Waals surface area contributed by atoms with E-state index in [0.29, 0.717) is 22.0 Å². The maximum Gasteiger partial charge on any atom is 0.227 e. The van der Waals surface area contributed by atoms with Gasteiger partial charge in [0.2, 0.25) is 14.9 Å². The van der Waals surface area contributed by atoms with Crippen LogP contribution in [0.1, 0.15) is 11.3 Å². The molecule has 124 valence electrons. The third-order valence-corrected chi connectivity index (χ3v) is 5.66. The van der Waals surface area contributed by atoms with Crippen LogP contribution in [0.4, 0.5) is 4.39 Å². The number of rotatable bonds is 3. The van der Waals surface area contributed by atoms with E-state index in [4.69, 9.17) is 11.6 Å². The van der Waals surface area contributed by atoms with Gasteiger partial charge < -0.3 is 0 Å². The fourth-order valence-corrected chi connectivity index (χ4v) is 3.71. The van der Waals surface area contributed by atoms with Gasteiger partial charge in [0, 0.05) is 5.02 Å². The quantitative estimate of drug-likeness (QED) is 0.712. The molecular formula is C16H13ClFN3O2S. The van der Waals surface area contributed by atoms with Gasteiger partial charge in [-0.15, -0.1) is 5.10 Å². The summed E-state index contributed by atoms with van der Waals surface area (Å²) in [6, 6.07) is 10.3. The SMILES string of the molecule is Cc1ccc(-n2nnc(S(=O)(=O)c3ccc(Cl)cc3)c2C)cc1F. The first kappa shape index (κ1) is 16.6. The van der Waals surface area contributed by atoms with Crippen LogP contribution in [-0.4, -0.2) is 23.4 Å². The summed E-state index contributed by atoms with van der Waals surface area (Å²) in [6.07, 6.45) is 0. The van der Waals surface area contributed by atoms with Crippen molar-refractivity contribution in [1.82, 2.24) is 15.0 Å². The van der Waals surface area contributed by atoms with E-state index < -0.39 is 15.7 Å². The van der Waals surface area contributed by atoms with Crippen LogP contribution in [0.25, 0.3) is 5.69 Å². The van der Waals surface area contributed by atoms with Crippen LogP contribution in [0.15, 0.2) is 52.4 Å². The van der Waals surface area contributed by atoms with Gasteiger partial charge in [-0.3, -0.25) is 0 Å². The summed E-state index contributed by atoms with van der Waals surface area (Å²) in [5.74, 6) is -0.399. The first-order valence-corrected chi connectivity index (χ1v) is 8.86. The van der Waals surface area contributed by atoms with Crippen LogP contribution in [0.2, 0.25) is 5.02 Å². The summed E-state index contributed by atoms with van der Waals surface area (Å²) < 4.78 is 40.4. The van der Waals surface area contributed by atoms with Crippen LogP contribution >= 0.6 is 11.6 Å². The van der Waals surface area contributed by atoms with Gasteiger partial charge in [-0.1, -0.05) is 22.9 Å². The molecule has 3 rings (SSSR count). The van der Waals surface area contributed by atoms with E-state index in [-0.39, 0.29) is 9.92 Å². The number of hydrogen-bond acceptors (Lipinski definition) is 4. The van der Waals surface area contributed by atoms with Crippen molar-refractivity contribution in [2.24, 2.45) is 0 Å². The van der Waals surface area contributed by atoms with E-state index in [1.807, 2.05) is 0 Å². The molecule has 1 aromatic heterocycles. The number of aryl methyl sites for hydroxylation is 1. The minimum atomic E-state index is -3.84. The second-order valence-electron chi connectivity index (χ2n) is 5.28. The average Bonchev–Trinajstić information content (AvgIpc) is 2.93. The zero-order chi connectivity index (χ0) is 17.5. The molecule has 0 atom stereocenters. The number of hydrogen-bond donors (Lipinski definition) is 0. The molecule has 0 N–H and O–H groups in total. The van der Waals surface area contributed by atoms with Crippen molar-refractivity contribution in [3.05, 3.63) is 64.6 Å². The standard InChI is InChI=1S/C16H13ClFN3O2S/c1-10-3-6-13(9-15(10)18)21-11(2)16(19-20-21)24(22,23)14-7-4-12(17)5-8-14/h3-9H,1-2H3. The first-order chi connectivity index (χ1) is 11.3. The number of nitrogens with zero attached hydrogens (tertiary/aromatic N) is 3. The average molecular weight is 366 g/mol. The van der Waals surface area contributed by atoms with Crippen LogP contribution in [0.5, 0.6) is 0 Å². The summed E-state index contributed by atoms with van der Waals surface area (Å²) in [5, 5.41) is 7.90. The monoisotopic (exact) mass is 365 g/mol. The van der Waals surface area contributed by atoms with Crippen molar-refractivity contribution in [2.45, 2.75) is 23.8 Å². The molecule has 0 saturated heterocycles. The van der Waals surface area contributed by atoms with Gasteiger partial charge in [-0.05, 0) is 55.8 Å². The van der Waals surface area contributed by atoms with Gasteiger partial charge in [-0.25, -0.2) is 17.5 Å². The summed E-state index contributed by atoms with van der Waals surface area (Å²) in [4.78, 5) is 0.0668. The Morgan fingerprint density at radius 2 is 1.75 bits per heavy atom. The van der Waals surface area contributed by atoms with Gasteiger partial charge in [0.05, 0.1) is 16.3 Å². The lowest BCUT2D eigenvalue weighted by Crippen LogP contribution is -2.06. The van der Waals surface area contributed by atoms with Crippen molar-refractivity contribution >= 4 is 21.4 Å². The molecular weight excluding hydrogens is 353 g/mol. The number of halogens is 2. The molecule has 2 aromatic carbocycles. The van der Waals surface area contributed by atoms with Crippen molar-refractivity contribution < 1.29 is 12.8 Å². The van der Waals surface area contributed by atoms with E-state index in [2.05, 4.69) is 10.3 Å². The fourth-order valence-electron chi connectivity index (χ4n) is 2.25. The Kier molecular flexibility index (Phi) is 4.15. The number of benzene rings is 2. The Hall–Kier alpha value is -2.25. The molecule has 0 saturated carbocycles. The molecule has 3 aromatic rings. The van der Waals surface area contributed by atoms with Gasteiger partial charge in [0.1, 0.15) is 5.82 Å². The van der Waals surface area contributed by atoms with E-state index in [1.54, 1.807) is 26.0 Å². The summed E-state index contributed by atoms with van der Waals surface area (Å²) in [7, 11) is -3.84. The Morgan fingerprint density at radius 3 is 2.38 bits per heavy atom. The van der Waals surface area contributed by atoms with Gasteiger partial charge in [-0.2, -0.15) is 0 Å². The van der Waals surface area contributed by atoms with Crippen molar-refractivity contribution in [1.29, 1.82) is 0 Å². The largest absolute Gasteiger partial charge is 0.227 e. The van der Waals surface area contributed by atoms with Crippen molar-refractivity contribution in [2.75, 3.05) is 0 Å². The minimum absolute atomic E-state index is 0.0668. The second-order valence-corrected chi connectivity index (χ2v) is 7.58. The zero-order valence-electron chi connectivity index (χ0n) is 12.9. The Labute approximate surface area is 143 Å². The molecule has 0 unspecified atom stereocenters. The molecule has 0 bridgehead atoms. The zero-order valence-corrected chi connectivity index (χ0v) is 14.4. The van der Waals surface area contributed by atoms with E-state index in [1.165, 1.54) is 35.0 Å². The van der Waals surface area contributed by atoms with E-state index in [0.717, 1.165) is 0 Å². The predicted molar refractivity (Wildman–Crippen MR) is 87.7 cm³/mol. The molecule has 0 amide bonds. The van der Waals surface area contributed by atoms with E-state index >= 15 is 0 Å². The minimum Gasteiger partial charge on any atom is -0.217 e. The van der Waals surface area contributed by atoms with E-state index in [9.17, 15) is 12.8 Å². The maximum atomic E-state index is 13.7. The summed E-state index contributed by atoms with van der Waals surface area (Å²) in [6.45, 7) is 3.21. The van der Waals surface area contributed by atoms with Crippen LogP contribution in [-0.2, 0) is 9.84 Å². The third kappa shape index (κ3) is 2.81. The van der Waals surface area contributed by atoms with Crippen LogP contribution < -0.4 is 0 Å². The van der Waals surface area contributed by atoms with Crippen molar-refractivity contribution in [3.8, 4) is 5.69 Å². The first-order valence-electron chi connectivity index (χ1n) is 7.00. The molecule has 0 aliphatic carbocycles. The highest BCUT2D eigenvalue weighted by atomic mass is 35.5. The highest BCUT2D eigenvalue weighted by Crippen LogP contribution is 2.25. The summed E-state index contributed by atoms with van der Waals surface area (Å²) in [5.41, 5.74) is 1.19. The molecule has 1 heterocycles. The normalized spacial score (nSPS) is 11.7. The number of sulfone groups is 1. The second kappa shape index (κ2) is 5.99. The van der Waals surface area contributed by atoms with Crippen molar-refractivity contribution in [3.63, 3.8) is 0 Å².